The molecule has 0 fully saturated rings. The number of ether oxygens (including phenoxy) is 2. The molecule has 472 valence electrons. The van der Waals surface area contributed by atoms with Crippen molar-refractivity contribution in [3.63, 3.8) is 0 Å². The summed E-state index contributed by atoms with van der Waals surface area (Å²) in [4.78, 5) is 35.3. The van der Waals surface area contributed by atoms with E-state index in [-0.39, 0.29) is 38.6 Å². The number of rotatable bonds is 61. The van der Waals surface area contributed by atoms with Gasteiger partial charge in [0, 0.05) is 19.4 Å². The summed E-state index contributed by atoms with van der Waals surface area (Å²) in [6.07, 6.45) is 96.3. The van der Waals surface area contributed by atoms with Crippen molar-refractivity contribution in [1.82, 2.24) is 0 Å². The van der Waals surface area contributed by atoms with Gasteiger partial charge in [-0.2, -0.15) is 0 Å². The van der Waals surface area contributed by atoms with E-state index >= 15 is 0 Å². The molecule has 2 atom stereocenters. The smallest absolute Gasteiger partial charge is 0.462 e. The number of nitrogens with two attached hydrogens (primary N) is 1. The van der Waals surface area contributed by atoms with E-state index in [1.165, 1.54) is 116 Å². The topological polar surface area (TPSA) is 134 Å². The average molecular weight is 1170 g/mol. The Morgan fingerprint density at radius 2 is 0.627 bits per heavy atom. The SMILES string of the molecule is CC/C=C\C/C=C\C/C=C\C/C=C\C/C=C\C/C=C\C/C=C\C/C=C\CCCCCCCCCCCCC(=O)OC(COC(=O)CCCCCCCCCCCCCCCC/C=C\C/C=C\C/C=C\C/C=C\CC)COP(=O)(O)OCCN. The Morgan fingerprint density at radius 3 is 0.928 bits per heavy atom. The van der Waals surface area contributed by atoms with Crippen LogP contribution in [-0.4, -0.2) is 49.3 Å². The Balaban J connectivity index is 3.96. The molecule has 0 saturated heterocycles. The van der Waals surface area contributed by atoms with Gasteiger partial charge in [-0.1, -0.05) is 288 Å². The fraction of sp³-hybridized carbons (Fsp3) is 0.644. The van der Waals surface area contributed by atoms with Gasteiger partial charge >= 0.3 is 19.8 Å². The lowest BCUT2D eigenvalue weighted by Gasteiger charge is -2.19. The first-order chi connectivity index (χ1) is 40.8. The number of hydrogen-bond donors (Lipinski definition) is 2. The predicted molar refractivity (Wildman–Crippen MR) is 357 cm³/mol. The van der Waals surface area contributed by atoms with Gasteiger partial charge < -0.3 is 20.1 Å². The van der Waals surface area contributed by atoms with Gasteiger partial charge in [0.2, 0.25) is 0 Å². The zero-order valence-electron chi connectivity index (χ0n) is 52.9. The van der Waals surface area contributed by atoms with E-state index in [4.69, 9.17) is 24.3 Å². The first-order valence-electron chi connectivity index (χ1n) is 33.3. The van der Waals surface area contributed by atoms with E-state index in [0.29, 0.717) is 6.42 Å². The van der Waals surface area contributed by atoms with Crippen LogP contribution in [0.15, 0.2) is 146 Å². The number of hydrogen-bond acceptors (Lipinski definition) is 8. The second kappa shape index (κ2) is 67.0. The molecule has 0 aromatic carbocycles. The molecule has 9 nitrogen and oxygen atoms in total. The largest absolute Gasteiger partial charge is 0.472 e. The van der Waals surface area contributed by atoms with Crippen molar-refractivity contribution >= 4 is 19.8 Å². The molecule has 0 spiro atoms. The minimum absolute atomic E-state index is 0.0464. The first kappa shape index (κ1) is 78.9. The molecule has 83 heavy (non-hydrogen) atoms. The van der Waals surface area contributed by atoms with Crippen LogP contribution < -0.4 is 5.73 Å². The maximum absolute atomic E-state index is 12.8. The molecule has 3 N–H and O–H groups in total. The Bertz CT molecular complexity index is 1870. The van der Waals surface area contributed by atoms with Crippen molar-refractivity contribution in [1.29, 1.82) is 0 Å². The highest BCUT2D eigenvalue weighted by Gasteiger charge is 2.26. The number of phosphoric ester groups is 1. The van der Waals surface area contributed by atoms with E-state index in [1.54, 1.807) is 0 Å². The van der Waals surface area contributed by atoms with E-state index < -0.39 is 26.5 Å². The standard InChI is InChI=1S/C73H122NO8P/c1-3-5-7-9-11-13-15-17-19-21-23-25-27-29-31-32-33-34-35-36-37-38-40-42-44-46-48-50-52-54-56-58-60-62-64-66-73(76)82-71(70-81-83(77,78)80-68-67-74)69-79-72(75)65-63-61-59-57-55-53-51-49-47-45-43-41-39-30-28-26-24-22-20-18-16-14-12-10-8-6-4-2/h5-8,11-14,17-20,23-26,29,31,33-34,36-37,40,42,71H,3-4,9-10,15-16,21-22,27-28,30,32,35,38-39,41,43-70,74H2,1-2H3,(H,77,78)/b7-5-,8-6-,13-11-,14-12-,19-17-,20-18-,25-23-,26-24-,31-29-,34-33-,37-36-,42-40-. The van der Waals surface area contributed by atoms with E-state index in [9.17, 15) is 19.0 Å². The third kappa shape index (κ3) is 66.9. The van der Waals surface area contributed by atoms with Crippen LogP contribution in [0.1, 0.15) is 271 Å². The summed E-state index contributed by atoms with van der Waals surface area (Å²) in [5.74, 6) is -0.836. The predicted octanol–water partition coefficient (Wildman–Crippen LogP) is 21.9. The zero-order valence-corrected chi connectivity index (χ0v) is 53.8. The maximum atomic E-state index is 12.8. The number of carbonyl (C=O) groups excluding carboxylic acids is 2. The highest BCUT2D eigenvalue weighted by Crippen LogP contribution is 2.43. The van der Waals surface area contributed by atoms with Crippen LogP contribution in [0.4, 0.5) is 0 Å². The van der Waals surface area contributed by atoms with Crippen molar-refractivity contribution in [3.05, 3.63) is 146 Å². The molecule has 0 radical (unpaired) electrons. The molecule has 0 saturated carbocycles. The van der Waals surface area contributed by atoms with Crippen LogP contribution >= 0.6 is 7.82 Å². The first-order valence-corrected chi connectivity index (χ1v) is 34.8. The van der Waals surface area contributed by atoms with Crippen LogP contribution in [0.3, 0.4) is 0 Å². The number of phosphoric acid groups is 1. The molecule has 0 aliphatic carbocycles. The molecular weight excluding hydrogens is 1050 g/mol. The summed E-state index contributed by atoms with van der Waals surface area (Å²) in [6.45, 7) is 3.52. The third-order valence-corrected chi connectivity index (χ3v) is 14.7. The fourth-order valence-corrected chi connectivity index (χ4v) is 9.64. The fourth-order valence-electron chi connectivity index (χ4n) is 8.88. The number of unbranched alkanes of at least 4 members (excludes halogenated alkanes) is 24. The zero-order chi connectivity index (χ0) is 60.1. The Labute approximate surface area is 509 Å². The lowest BCUT2D eigenvalue weighted by molar-refractivity contribution is -0.161. The summed E-state index contributed by atoms with van der Waals surface area (Å²) in [6, 6.07) is 0. The average Bonchev–Trinajstić information content (AvgIpc) is 3.48. The van der Waals surface area contributed by atoms with Gasteiger partial charge in [-0.05, 0) is 116 Å². The Morgan fingerprint density at radius 1 is 0.361 bits per heavy atom. The van der Waals surface area contributed by atoms with E-state index in [1.807, 2.05) is 0 Å². The number of carbonyl (C=O) groups is 2. The van der Waals surface area contributed by atoms with Crippen LogP contribution in [0.25, 0.3) is 0 Å². The quantitative estimate of drug-likeness (QED) is 0.0264. The molecule has 0 aliphatic rings. The summed E-state index contributed by atoms with van der Waals surface area (Å²) in [7, 11) is -4.40. The minimum Gasteiger partial charge on any atom is -0.462 e. The molecule has 0 heterocycles. The van der Waals surface area contributed by atoms with Crippen molar-refractivity contribution in [2.75, 3.05) is 26.4 Å². The van der Waals surface area contributed by atoms with Crippen LogP contribution in [0, 0.1) is 0 Å². The normalized spacial score (nSPS) is 13.9. The van der Waals surface area contributed by atoms with Crippen molar-refractivity contribution < 1.29 is 37.6 Å². The van der Waals surface area contributed by atoms with E-state index in [2.05, 4.69) is 160 Å². The van der Waals surface area contributed by atoms with Crippen molar-refractivity contribution in [2.24, 2.45) is 5.73 Å². The lowest BCUT2D eigenvalue weighted by atomic mass is 10.0. The van der Waals surface area contributed by atoms with Gasteiger partial charge in [0.05, 0.1) is 13.2 Å². The number of esters is 2. The highest BCUT2D eigenvalue weighted by atomic mass is 31.2. The van der Waals surface area contributed by atoms with Crippen LogP contribution in [0.5, 0.6) is 0 Å². The molecule has 2 unspecified atom stereocenters. The second-order valence-electron chi connectivity index (χ2n) is 21.6. The molecule has 0 aromatic heterocycles. The van der Waals surface area contributed by atoms with Gasteiger partial charge in [-0.15, -0.1) is 0 Å². The highest BCUT2D eigenvalue weighted by molar-refractivity contribution is 7.47. The summed E-state index contributed by atoms with van der Waals surface area (Å²) in [5.41, 5.74) is 5.40. The third-order valence-electron chi connectivity index (χ3n) is 13.7. The van der Waals surface area contributed by atoms with Gasteiger partial charge in [0.25, 0.3) is 0 Å². The summed E-state index contributed by atoms with van der Waals surface area (Å²) in [5, 5.41) is 0. The minimum atomic E-state index is -4.40. The van der Waals surface area contributed by atoms with Crippen molar-refractivity contribution in [3.8, 4) is 0 Å². The number of allylic oxidation sites excluding steroid dienone is 24. The van der Waals surface area contributed by atoms with Gasteiger partial charge in [0.1, 0.15) is 6.61 Å². The molecule has 0 rings (SSSR count). The molecule has 0 aliphatic heterocycles. The summed E-state index contributed by atoms with van der Waals surface area (Å²) >= 11 is 0. The summed E-state index contributed by atoms with van der Waals surface area (Å²) < 4.78 is 33.1. The molecule has 0 aromatic rings. The molecular formula is C73H122NO8P. The van der Waals surface area contributed by atoms with E-state index in [0.717, 1.165) is 122 Å². The molecule has 10 heteroatoms. The lowest BCUT2D eigenvalue weighted by Crippen LogP contribution is -2.29. The molecule has 0 bridgehead atoms. The van der Waals surface area contributed by atoms with Gasteiger partial charge in [0.15, 0.2) is 6.10 Å². The molecule has 0 amide bonds. The van der Waals surface area contributed by atoms with Gasteiger partial charge in [-0.25, -0.2) is 4.57 Å². The van der Waals surface area contributed by atoms with Crippen LogP contribution in [-0.2, 0) is 32.7 Å². The Kier molecular flexibility index (Phi) is 63.7. The van der Waals surface area contributed by atoms with Crippen LogP contribution in [0.2, 0.25) is 0 Å². The van der Waals surface area contributed by atoms with Crippen molar-refractivity contribution in [2.45, 2.75) is 277 Å². The Hall–Kier alpha value is -4.11. The monoisotopic (exact) mass is 1170 g/mol. The van der Waals surface area contributed by atoms with Gasteiger partial charge in [-0.3, -0.25) is 18.6 Å². The second-order valence-corrected chi connectivity index (χ2v) is 23.0. The maximum Gasteiger partial charge on any atom is 0.472 e.